The van der Waals surface area contributed by atoms with Gasteiger partial charge in [-0.15, -0.1) is 0 Å². The van der Waals surface area contributed by atoms with Gasteiger partial charge in [0.15, 0.2) is 17.2 Å². The maximum Gasteiger partial charge on any atom is 0.420 e. The molecule has 2 unspecified atom stereocenters. The molecular formula is C23H24F4N2O2S. The number of aryl methyl sites for hydroxylation is 1. The quantitative estimate of drug-likeness (QED) is 0.404. The molecule has 32 heavy (non-hydrogen) atoms. The van der Waals surface area contributed by atoms with E-state index in [2.05, 4.69) is 10.3 Å². The Balaban J connectivity index is 2.23. The second kappa shape index (κ2) is 9.54. The van der Waals surface area contributed by atoms with Crippen LogP contribution in [0.15, 0.2) is 48.5 Å². The number of ether oxygens (including phenoxy) is 1. The van der Waals surface area contributed by atoms with E-state index in [4.69, 9.17) is 4.74 Å². The molecule has 0 aliphatic heterocycles. The zero-order valence-corrected chi connectivity index (χ0v) is 18.6. The summed E-state index contributed by atoms with van der Waals surface area (Å²) < 4.78 is 62.5. The largest absolute Gasteiger partial charge is 0.493 e. The van der Waals surface area contributed by atoms with E-state index in [1.54, 1.807) is 37.3 Å². The van der Waals surface area contributed by atoms with Crippen molar-refractivity contribution in [2.75, 3.05) is 23.9 Å². The van der Waals surface area contributed by atoms with E-state index >= 15 is 0 Å². The van der Waals surface area contributed by atoms with E-state index in [0.29, 0.717) is 22.3 Å². The molecular weight excluding hydrogens is 444 g/mol. The van der Waals surface area contributed by atoms with E-state index in [1.807, 2.05) is 6.92 Å². The van der Waals surface area contributed by atoms with Crippen molar-refractivity contribution in [2.45, 2.75) is 31.7 Å². The summed E-state index contributed by atoms with van der Waals surface area (Å²) in [6.45, 7) is 3.51. The van der Waals surface area contributed by atoms with Crippen molar-refractivity contribution >= 4 is 28.4 Å². The van der Waals surface area contributed by atoms with Crippen LogP contribution in [0.25, 0.3) is 10.9 Å². The molecule has 0 aliphatic carbocycles. The first-order valence-corrected chi connectivity index (χ1v) is 11.1. The molecule has 1 aromatic heterocycles. The number of hydrogen-bond acceptors (Lipinski definition) is 5. The lowest BCUT2D eigenvalue weighted by Crippen LogP contribution is -2.54. The van der Waals surface area contributed by atoms with Gasteiger partial charge in [-0.3, -0.25) is 4.98 Å². The molecule has 0 spiro atoms. The van der Waals surface area contributed by atoms with Gasteiger partial charge in [0.1, 0.15) is 0 Å². The van der Waals surface area contributed by atoms with Crippen LogP contribution in [-0.2, 0) is 0 Å². The van der Waals surface area contributed by atoms with Crippen molar-refractivity contribution in [1.29, 1.82) is 0 Å². The van der Waals surface area contributed by atoms with Crippen LogP contribution >= 0.6 is 11.8 Å². The third-order valence-electron chi connectivity index (χ3n) is 5.18. The van der Waals surface area contributed by atoms with Gasteiger partial charge in [-0.05, 0) is 43.0 Å². The smallest absolute Gasteiger partial charge is 0.420 e. The van der Waals surface area contributed by atoms with E-state index in [9.17, 15) is 22.7 Å². The highest BCUT2D eigenvalue weighted by Crippen LogP contribution is 2.47. The third-order valence-corrected chi connectivity index (χ3v) is 6.23. The Kier molecular flexibility index (Phi) is 7.19. The fourth-order valence-corrected chi connectivity index (χ4v) is 4.39. The molecule has 4 nitrogen and oxygen atoms in total. The topological polar surface area (TPSA) is 54.4 Å². The van der Waals surface area contributed by atoms with Crippen molar-refractivity contribution in [3.8, 4) is 5.75 Å². The average molecular weight is 469 g/mol. The Morgan fingerprint density at radius 2 is 1.84 bits per heavy atom. The SMILES string of the molecule is CCSCC(O)(C(Nc1cccc2nc(C)ccc12)c1cccc(F)c1OC)C(F)(F)F. The molecule has 0 aliphatic rings. The number of anilines is 1. The first-order chi connectivity index (χ1) is 15.1. The molecule has 1 heterocycles. The number of thioether (sulfide) groups is 1. The molecule has 2 atom stereocenters. The molecule has 0 bridgehead atoms. The molecule has 0 fully saturated rings. The Morgan fingerprint density at radius 1 is 1.12 bits per heavy atom. The first-order valence-electron chi connectivity index (χ1n) is 9.94. The van der Waals surface area contributed by atoms with Crippen molar-refractivity contribution in [2.24, 2.45) is 0 Å². The van der Waals surface area contributed by atoms with Crippen LogP contribution in [0, 0.1) is 12.7 Å². The Hall–Kier alpha value is -2.52. The van der Waals surface area contributed by atoms with Gasteiger partial charge in [-0.2, -0.15) is 24.9 Å². The molecule has 0 amide bonds. The number of pyridine rings is 1. The second-order valence-corrected chi connectivity index (χ2v) is 8.60. The molecule has 0 saturated carbocycles. The predicted molar refractivity (Wildman–Crippen MR) is 120 cm³/mol. The predicted octanol–water partition coefficient (Wildman–Crippen LogP) is 5.89. The molecule has 2 N–H and O–H groups in total. The highest BCUT2D eigenvalue weighted by molar-refractivity contribution is 7.99. The van der Waals surface area contributed by atoms with Gasteiger partial charge in [0, 0.05) is 28.1 Å². The molecule has 9 heteroatoms. The number of rotatable bonds is 8. The zero-order chi connectivity index (χ0) is 23.5. The van der Waals surface area contributed by atoms with Crippen LogP contribution in [0.4, 0.5) is 23.2 Å². The number of hydrogen-bond donors (Lipinski definition) is 2. The van der Waals surface area contributed by atoms with Crippen molar-refractivity contribution in [1.82, 2.24) is 4.98 Å². The number of aromatic nitrogens is 1. The molecule has 3 rings (SSSR count). The van der Waals surface area contributed by atoms with Crippen molar-refractivity contribution < 1.29 is 27.4 Å². The Bertz CT molecular complexity index is 1090. The van der Waals surface area contributed by atoms with Crippen LogP contribution in [-0.4, -0.2) is 40.5 Å². The molecule has 3 aromatic rings. The Morgan fingerprint density at radius 3 is 2.50 bits per heavy atom. The van der Waals surface area contributed by atoms with Gasteiger partial charge in [0.2, 0.25) is 0 Å². The summed E-state index contributed by atoms with van der Waals surface area (Å²) in [5.41, 5.74) is -1.69. The summed E-state index contributed by atoms with van der Waals surface area (Å²) in [4.78, 5) is 4.41. The van der Waals surface area contributed by atoms with Crippen LogP contribution < -0.4 is 10.1 Å². The number of nitrogens with one attached hydrogen (secondary N) is 1. The van der Waals surface area contributed by atoms with Crippen LogP contribution in [0.2, 0.25) is 0 Å². The number of methoxy groups -OCH3 is 1. The van der Waals surface area contributed by atoms with E-state index in [0.717, 1.165) is 23.5 Å². The van der Waals surface area contributed by atoms with Crippen molar-refractivity contribution in [3.05, 3.63) is 65.6 Å². The maximum absolute atomic E-state index is 14.5. The summed E-state index contributed by atoms with van der Waals surface area (Å²) >= 11 is 0.942. The average Bonchev–Trinajstić information content (AvgIpc) is 2.74. The third kappa shape index (κ3) is 4.63. The number of benzene rings is 2. The normalized spacial score (nSPS) is 14.8. The molecule has 0 radical (unpaired) electrons. The number of aliphatic hydroxyl groups is 1. The fraction of sp³-hybridized carbons (Fsp3) is 0.348. The number of para-hydroxylation sites is 1. The summed E-state index contributed by atoms with van der Waals surface area (Å²) in [6, 6.07) is 10.4. The minimum atomic E-state index is -5.01. The summed E-state index contributed by atoms with van der Waals surface area (Å²) in [5.74, 6) is -1.46. The minimum absolute atomic E-state index is 0.138. The number of alkyl halides is 3. The lowest BCUT2D eigenvalue weighted by atomic mass is 9.88. The molecule has 0 saturated heterocycles. The Labute approximate surface area is 188 Å². The molecule has 2 aromatic carbocycles. The van der Waals surface area contributed by atoms with Crippen LogP contribution in [0.3, 0.4) is 0 Å². The van der Waals surface area contributed by atoms with Crippen LogP contribution in [0.5, 0.6) is 5.75 Å². The van der Waals surface area contributed by atoms with Crippen molar-refractivity contribution in [3.63, 3.8) is 0 Å². The summed E-state index contributed by atoms with van der Waals surface area (Å²) in [7, 11) is 1.18. The van der Waals surface area contributed by atoms with Crippen LogP contribution in [0.1, 0.15) is 24.2 Å². The number of halogens is 4. The summed E-state index contributed by atoms with van der Waals surface area (Å²) in [6.07, 6.45) is -5.01. The van der Waals surface area contributed by atoms with E-state index < -0.39 is 29.4 Å². The minimum Gasteiger partial charge on any atom is -0.493 e. The van der Waals surface area contributed by atoms with E-state index in [-0.39, 0.29) is 11.3 Å². The van der Waals surface area contributed by atoms with Gasteiger partial charge < -0.3 is 15.2 Å². The lowest BCUT2D eigenvalue weighted by molar-refractivity contribution is -0.256. The van der Waals surface area contributed by atoms with Gasteiger partial charge in [0.05, 0.1) is 18.7 Å². The fourth-order valence-electron chi connectivity index (χ4n) is 3.55. The first kappa shape index (κ1) is 24.1. The molecule has 172 valence electrons. The highest BCUT2D eigenvalue weighted by atomic mass is 32.2. The van der Waals surface area contributed by atoms with Gasteiger partial charge in [-0.25, -0.2) is 4.39 Å². The lowest BCUT2D eigenvalue weighted by Gasteiger charge is -2.39. The second-order valence-electron chi connectivity index (χ2n) is 7.32. The van der Waals surface area contributed by atoms with E-state index in [1.165, 1.54) is 19.2 Å². The number of fused-ring (bicyclic) bond motifs is 1. The van der Waals surface area contributed by atoms with Gasteiger partial charge in [-0.1, -0.05) is 25.1 Å². The maximum atomic E-state index is 14.5. The summed E-state index contributed by atoms with van der Waals surface area (Å²) in [5, 5.41) is 14.5. The standard InChI is InChI=1S/C23H24F4N2O2S/c1-4-32-13-22(30,23(25,26)27)21(16-7-5-8-17(24)20(16)31-3)29-19-10-6-9-18-15(19)12-11-14(2)28-18/h5-12,21,29-30H,4,13H2,1-3H3. The zero-order valence-electron chi connectivity index (χ0n) is 17.8. The highest BCUT2D eigenvalue weighted by Gasteiger charge is 2.59. The number of nitrogens with zero attached hydrogens (tertiary/aromatic N) is 1. The monoisotopic (exact) mass is 468 g/mol. The van der Waals surface area contributed by atoms with Gasteiger partial charge in [0.25, 0.3) is 0 Å². The van der Waals surface area contributed by atoms with Gasteiger partial charge >= 0.3 is 6.18 Å².